The van der Waals surface area contributed by atoms with Gasteiger partial charge in [-0.3, -0.25) is 14.5 Å². The maximum Gasteiger partial charge on any atom is 0.234 e. The van der Waals surface area contributed by atoms with E-state index in [0.29, 0.717) is 24.5 Å². The molecule has 2 amide bonds. The van der Waals surface area contributed by atoms with Crippen molar-refractivity contribution >= 4 is 23.4 Å². The Morgan fingerprint density at radius 3 is 2.83 bits per heavy atom. The van der Waals surface area contributed by atoms with E-state index in [4.69, 9.17) is 11.6 Å². The maximum atomic E-state index is 12.1. The lowest BCUT2D eigenvalue weighted by molar-refractivity contribution is -0.127. The van der Waals surface area contributed by atoms with Crippen molar-refractivity contribution in [3.8, 4) is 0 Å². The summed E-state index contributed by atoms with van der Waals surface area (Å²) in [5.74, 6) is 0.221. The van der Waals surface area contributed by atoms with Gasteiger partial charge in [0.15, 0.2) is 0 Å². The second-order valence-corrected chi connectivity index (χ2v) is 6.71. The van der Waals surface area contributed by atoms with E-state index < -0.39 is 0 Å². The molecule has 132 valence electrons. The smallest absolute Gasteiger partial charge is 0.234 e. The monoisotopic (exact) mass is 351 g/mol. The van der Waals surface area contributed by atoms with Crippen LogP contribution in [0.15, 0.2) is 24.3 Å². The van der Waals surface area contributed by atoms with E-state index in [0.717, 1.165) is 31.5 Å². The van der Waals surface area contributed by atoms with Crippen LogP contribution in [0.5, 0.6) is 0 Å². The molecule has 1 aromatic carbocycles. The van der Waals surface area contributed by atoms with Gasteiger partial charge in [-0.15, -0.1) is 0 Å². The van der Waals surface area contributed by atoms with Crippen LogP contribution in [0.3, 0.4) is 0 Å². The molecule has 1 heterocycles. The van der Waals surface area contributed by atoms with Gasteiger partial charge in [-0.1, -0.05) is 29.8 Å². The molecule has 24 heavy (non-hydrogen) atoms. The summed E-state index contributed by atoms with van der Waals surface area (Å²) in [5.41, 5.74) is 1.02. The average molecular weight is 352 g/mol. The Labute approximate surface area is 149 Å². The van der Waals surface area contributed by atoms with Crippen LogP contribution >= 0.6 is 11.6 Å². The number of hydrogen-bond acceptors (Lipinski definition) is 3. The molecule has 1 N–H and O–H groups in total. The third-order valence-electron chi connectivity index (χ3n) is 4.51. The summed E-state index contributed by atoms with van der Waals surface area (Å²) >= 11 is 6.22. The summed E-state index contributed by atoms with van der Waals surface area (Å²) in [4.78, 5) is 27.4. The molecule has 2 rings (SSSR count). The minimum absolute atomic E-state index is 0.0100. The van der Waals surface area contributed by atoms with Gasteiger partial charge in [-0.2, -0.15) is 0 Å². The van der Waals surface area contributed by atoms with E-state index in [1.54, 1.807) is 0 Å². The maximum absolute atomic E-state index is 12.1. The second kappa shape index (κ2) is 9.04. The molecule has 1 aromatic rings. The van der Waals surface area contributed by atoms with Crippen LogP contribution in [-0.4, -0.2) is 54.8 Å². The first-order chi connectivity index (χ1) is 11.5. The Balaban J connectivity index is 1.69. The zero-order valence-corrected chi connectivity index (χ0v) is 15.2. The third kappa shape index (κ3) is 5.21. The molecule has 0 aliphatic carbocycles. The fourth-order valence-corrected chi connectivity index (χ4v) is 3.20. The largest absolute Gasteiger partial charge is 0.355 e. The quantitative estimate of drug-likeness (QED) is 0.732. The van der Waals surface area contributed by atoms with Crippen LogP contribution in [0.2, 0.25) is 5.02 Å². The molecule has 1 aliphatic rings. The summed E-state index contributed by atoms with van der Waals surface area (Å²) in [7, 11) is 1.91. The van der Waals surface area contributed by atoms with Crippen LogP contribution in [-0.2, 0) is 9.59 Å². The number of likely N-dealkylation sites (tertiary alicyclic amines) is 1. The first-order valence-electron chi connectivity index (χ1n) is 8.48. The van der Waals surface area contributed by atoms with Crippen LogP contribution in [0.4, 0.5) is 0 Å². The molecular weight excluding hydrogens is 326 g/mol. The second-order valence-electron chi connectivity index (χ2n) is 6.30. The molecule has 1 unspecified atom stereocenters. The number of nitrogens with one attached hydrogen (secondary N) is 1. The van der Waals surface area contributed by atoms with Gasteiger partial charge in [-0.25, -0.2) is 0 Å². The van der Waals surface area contributed by atoms with E-state index in [2.05, 4.69) is 5.32 Å². The zero-order chi connectivity index (χ0) is 17.5. The van der Waals surface area contributed by atoms with Crippen molar-refractivity contribution in [1.82, 2.24) is 15.1 Å². The van der Waals surface area contributed by atoms with Crippen molar-refractivity contribution < 1.29 is 9.59 Å². The molecule has 1 fully saturated rings. The summed E-state index contributed by atoms with van der Waals surface area (Å²) < 4.78 is 0. The molecule has 5 nitrogen and oxygen atoms in total. The zero-order valence-electron chi connectivity index (χ0n) is 14.4. The van der Waals surface area contributed by atoms with Gasteiger partial charge in [0, 0.05) is 37.1 Å². The molecule has 0 saturated carbocycles. The Kier molecular flexibility index (Phi) is 7.06. The standard InChI is InChI=1S/C18H26ClN3O2/c1-14(15-7-3-4-8-16(15)19)21(2)13-17(23)20-10-6-12-22-11-5-9-18(22)24/h3-4,7-8,14H,5-6,9-13H2,1-2H3,(H,20,23). The average Bonchev–Trinajstić information content (AvgIpc) is 2.96. The fourth-order valence-electron chi connectivity index (χ4n) is 2.91. The molecule has 0 bridgehead atoms. The molecule has 6 heteroatoms. The SMILES string of the molecule is CC(c1ccccc1Cl)N(C)CC(=O)NCCCN1CCCC1=O. The predicted molar refractivity (Wildman–Crippen MR) is 95.9 cm³/mol. The van der Waals surface area contributed by atoms with E-state index >= 15 is 0 Å². The minimum Gasteiger partial charge on any atom is -0.355 e. The van der Waals surface area contributed by atoms with Crippen LogP contribution in [0.1, 0.15) is 37.8 Å². The normalized spacial score (nSPS) is 15.8. The summed E-state index contributed by atoms with van der Waals surface area (Å²) in [6, 6.07) is 7.75. The lowest BCUT2D eigenvalue weighted by Gasteiger charge is -2.25. The molecule has 0 spiro atoms. The highest BCUT2D eigenvalue weighted by atomic mass is 35.5. The number of halogens is 1. The molecule has 0 radical (unpaired) electrons. The van der Waals surface area contributed by atoms with E-state index in [1.165, 1.54) is 0 Å². The predicted octanol–water partition coefficient (Wildman–Crippen LogP) is 2.46. The Morgan fingerprint density at radius 1 is 1.42 bits per heavy atom. The number of benzene rings is 1. The lowest BCUT2D eigenvalue weighted by atomic mass is 10.1. The summed E-state index contributed by atoms with van der Waals surface area (Å²) in [6.07, 6.45) is 2.41. The van der Waals surface area contributed by atoms with Crippen LogP contribution in [0, 0.1) is 0 Å². The number of likely N-dealkylation sites (N-methyl/N-ethyl adjacent to an activating group) is 1. The van der Waals surface area contributed by atoms with Gasteiger partial charge in [0.2, 0.25) is 11.8 Å². The van der Waals surface area contributed by atoms with Crippen molar-refractivity contribution in [3.63, 3.8) is 0 Å². The van der Waals surface area contributed by atoms with Crippen LogP contribution in [0.25, 0.3) is 0 Å². The van der Waals surface area contributed by atoms with Gasteiger partial charge >= 0.3 is 0 Å². The van der Waals surface area contributed by atoms with Gasteiger partial charge in [-0.05, 0) is 38.4 Å². The Bertz CT molecular complexity index is 579. The van der Waals surface area contributed by atoms with E-state index in [1.807, 2.05) is 48.0 Å². The first-order valence-corrected chi connectivity index (χ1v) is 8.86. The Hall–Kier alpha value is -1.59. The number of nitrogens with zero attached hydrogens (tertiary/aromatic N) is 2. The van der Waals surface area contributed by atoms with Gasteiger partial charge in [0.1, 0.15) is 0 Å². The molecule has 1 aliphatic heterocycles. The number of hydrogen-bond donors (Lipinski definition) is 1. The van der Waals surface area contributed by atoms with Crippen molar-refractivity contribution in [3.05, 3.63) is 34.9 Å². The molecule has 1 atom stereocenters. The van der Waals surface area contributed by atoms with Gasteiger partial charge in [0.25, 0.3) is 0 Å². The molecular formula is C18H26ClN3O2. The highest BCUT2D eigenvalue weighted by Crippen LogP contribution is 2.25. The van der Waals surface area contributed by atoms with Crippen molar-refractivity contribution in [2.45, 2.75) is 32.2 Å². The first kappa shape index (κ1) is 18.7. The van der Waals surface area contributed by atoms with E-state index in [-0.39, 0.29) is 17.9 Å². The summed E-state index contributed by atoms with van der Waals surface area (Å²) in [6.45, 7) is 4.52. The van der Waals surface area contributed by atoms with Crippen LogP contribution < -0.4 is 5.32 Å². The minimum atomic E-state index is -0.0100. The number of carbonyl (C=O) groups excluding carboxylic acids is 2. The Morgan fingerprint density at radius 2 is 2.17 bits per heavy atom. The van der Waals surface area contributed by atoms with Gasteiger partial charge < -0.3 is 10.2 Å². The van der Waals surface area contributed by atoms with Crippen molar-refractivity contribution in [2.75, 3.05) is 33.2 Å². The number of rotatable bonds is 8. The molecule has 0 aromatic heterocycles. The highest BCUT2D eigenvalue weighted by Gasteiger charge is 2.19. The number of amides is 2. The van der Waals surface area contributed by atoms with Crippen molar-refractivity contribution in [1.29, 1.82) is 0 Å². The lowest BCUT2D eigenvalue weighted by Crippen LogP contribution is -2.37. The fraction of sp³-hybridized carbons (Fsp3) is 0.556. The highest BCUT2D eigenvalue weighted by molar-refractivity contribution is 6.31. The topological polar surface area (TPSA) is 52.7 Å². The van der Waals surface area contributed by atoms with Gasteiger partial charge in [0.05, 0.1) is 6.54 Å². The summed E-state index contributed by atoms with van der Waals surface area (Å²) in [5, 5.41) is 3.64. The molecule has 1 saturated heterocycles. The van der Waals surface area contributed by atoms with Crippen molar-refractivity contribution in [2.24, 2.45) is 0 Å². The number of carbonyl (C=O) groups is 2. The third-order valence-corrected chi connectivity index (χ3v) is 4.85. The van der Waals surface area contributed by atoms with E-state index in [9.17, 15) is 9.59 Å².